The van der Waals surface area contributed by atoms with Gasteiger partial charge < -0.3 is 11.4 Å². The average Bonchev–Trinajstić information content (AvgIpc) is 1.58. The number of rotatable bonds is 15. The van der Waals surface area contributed by atoms with Gasteiger partial charge in [0, 0.05) is 188 Å². The normalized spacial score (nSPS) is 11.8. The van der Waals surface area contributed by atoms with Crippen molar-refractivity contribution >= 4 is 180 Å². The number of fused-ring (bicyclic) bond motifs is 6. The average molecular weight is 1480 g/mol. The molecule has 0 N–H and O–H groups in total. The Morgan fingerprint density at radius 3 is 0.830 bits per heavy atom. The molecule has 486 valence electrons. The van der Waals surface area contributed by atoms with Gasteiger partial charge in [0.25, 0.3) is 0 Å². The lowest BCUT2D eigenvalue weighted by Gasteiger charge is -2.19. The number of benzene rings is 6. The molecule has 100 heavy (non-hydrogen) atoms. The van der Waals surface area contributed by atoms with E-state index in [9.17, 15) is 0 Å². The third kappa shape index (κ3) is 11.0. The minimum atomic E-state index is -3.41. The standard InChI is InChI=1S/3C28H21NOS3.Al/c3*1-15-13-22(17(3)31-15)28-26(20-7-4-5-10-24(20)33-28)21-14-25(32-16(21)2)18-11-12-29-27-19(18)8-6-9-23(27)30;/h3*4-14,30H,1-3H3;/q;;;+3/p-3. The predicted octanol–water partition coefficient (Wildman–Crippen LogP) is 27.6. The largest absolute Gasteiger partial charge is 1.20 e. The van der Waals surface area contributed by atoms with E-state index < -0.39 is 15.1 Å². The summed E-state index contributed by atoms with van der Waals surface area (Å²) in [6.07, 6.45) is 5.71. The molecule has 16 heteroatoms. The summed E-state index contributed by atoms with van der Waals surface area (Å²) in [6, 6.07) is 65.8. The second kappa shape index (κ2) is 25.6. The number of hydrogen-bond donors (Lipinski definition) is 0. The molecular weight excluding hydrogens is 1410 g/mol. The molecule has 0 atom stereocenters. The first-order valence-electron chi connectivity index (χ1n) is 33.0. The van der Waals surface area contributed by atoms with Gasteiger partial charge in [0.1, 0.15) is 33.8 Å². The van der Waals surface area contributed by atoms with Crippen LogP contribution in [0.2, 0.25) is 0 Å². The second-order valence-electron chi connectivity index (χ2n) is 25.3. The summed E-state index contributed by atoms with van der Waals surface area (Å²) in [7, 11) is 0. The van der Waals surface area contributed by atoms with E-state index >= 15 is 0 Å². The molecule has 6 aromatic carbocycles. The molecule has 0 fully saturated rings. The van der Waals surface area contributed by atoms with Crippen LogP contribution in [0.3, 0.4) is 0 Å². The van der Waals surface area contributed by atoms with Gasteiger partial charge >= 0.3 is 15.1 Å². The Morgan fingerprint density at radius 2 is 0.540 bits per heavy atom. The number of pyridine rings is 3. The van der Waals surface area contributed by atoms with Gasteiger partial charge in [-0.1, -0.05) is 91.0 Å². The number of para-hydroxylation sites is 3. The molecule has 0 spiro atoms. The molecule has 0 amide bonds. The smallest absolute Gasteiger partial charge is 0.576 e. The first kappa shape index (κ1) is 63.7. The Labute approximate surface area is 620 Å². The Hall–Kier alpha value is -8.44. The van der Waals surface area contributed by atoms with Gasteiger partial charge in [-0.2, -0.15) is 0 Å². The van der Waals surface area contributed by atoms with Crippen LogP contribution >= 0.6 is 102 Å². The number of nitrogens with zero attached hydrogens (tertiary/aromatic N) is 3. The summed E-state index contributed by atoms with van der Waals surface area (Å²) in [5.74, 6) is 1.68. The van der Waals surface area contributed by atoms with E-state index in [-0.39, 0.29) is 0 Å². The van der Waals surface area contributed by atoms with E-state index in [0.29, 0.717) is 33.8 Å². The Balaban J connectivity index is 0.744. The molecule has 0 radical (unpaired) electrons. The van der Waals surface area contributed by atoms with Crippen LogP contribution < -0.4 is 11.4 Å². The van der Waals surface area contributed by atoms with Gasteiger partial charge in [-0.05, 0) is 170 Å². The van der Waals surface area contributed by atoms with Crippen molar-refractivity contribution < 1.29 is 11.4 Å². The summed E-state index contributed by atoms with van der Waals surface area (Å²) >= 11 is 13.3. The zero-order chi connectivity index (χ0) is 67.8. The van der Waals surface area contributed by atoms with Crippen molar-refractivity contribution in [3.63, 3.8) is 0 Å². The van der Waals surface area contributed by atoms with Crippen LogP contribution in [0, 0.1) is 62.3 Å². The number of hydrogen-bond acceptors (Lipinski definition) is 15. The molecule has 0 saturated heterocycles. The maximum absolute atomic E-state index is 7.36. The molecule has 12 heterocycles. The monoisotopic (exact) mass is 1470 g/mol. The molecule has 0 unspecified atom stereocenters. The third-order valence-electron chi connectivity index (χ3n) is 18.9. The van der Waals surface area contributed by atoms with Crippen LogP contribution in [0.4, 0.5) is 0 Å². The molecular formula is C84H60AlN3O3S9. The molecule has 0 aliphatic heterocycles. The zero-order valence-corrected chi connectivity index (χ0v) is 64.4. The van der Waals surface area contributed by atoms with Gasteiger partial charge in [-0.3, -0.25) is 15.0 Å². The Morgan fingerprint density at radius 1 is 0.260 bits per heavy atom. The molecule has 18 rings (SSSR count). The molecule has 0 bridgehead atoms. The third-order valence-corrected chi connectivity index (χ3v) is 30.0. The van der Waals surface area contributed by atoms with Crippen molar-refractivity contribution in [2.75, 3.05) is 0 Å². The van der Waals surface area contributed by atoms with Gasteiger partial charge in [0.15, 0.2) is 0 Å². The lowest BCUT2D eigenvalue weighted by Crippen LogP contribution is -2.37. The van der Waals surface area contributed by atoms with Crippen molar-refractivity contribution in [3.8, 4) is 113 Å². The lowest BCUT2D eigenvalue weighted by atomic mass is 9.98. The zero-order valence-electron chi connectivity index (χ0n) is 55.9. The fourth-order valence-electron chi connectivity index (χ4n) is 14.4. The first-order chi connectivity index (χ1) is 48.7. The van der Waals surface area contributed by atoms with Gasteiger partial charge in [-0.15, -0.1) is 102 Å². The SMILES string of the molecule is Cc1cc(-c2sc3ccccc3c2-c2cc(-c3ccnc4c([O][Al]([O]c5cccc6c(-c7cc(-c8c(-c9cc(C)sc9C)sc9ccccc89)c(C)s7)ccnc56)[O]c5cccc6c(-c7cc(-c8c(-c9cc(C)sc9C)sc9ccccc89)c(C)s7)ccnc56)cccc34)sc2C)c(C)s1. The van der Waals surface area contributed by atoms with E-state index in [2.05, 4.69) is 226 Å². The molecule has 0 aliphatic carbocycles. The highest BCUT2D eigenvalue weighted by atomic mass is 32.1. The van der Waals surface area contributed by atoms with Crippen molar-refractivity contribution in [1.29, 1.82) is 0 Å². The number of thiophene rings is 9. The van der Waals surface area contributed by atoms with E-state index in [4.69, 9.17) is 26.3 Å². The minimum absolute atomic E-state index is 0.561. The van der Waals surface area contributed by atoms with Crippen molar-refractivity contribution in [1.82, 2.24) is 15.0 Å². The highest BCUT2D eigenvalue weighted by Gasteiger charge is 2.46. The molecule has 0 aliphatic rings. The van der Waals surface area contributed by atoms with E-state index in [1.54, 1.807) is 0 Å². The molecule has 6 nitrogen and oxygen atoms in total. The summed E-state index contributed by atoms with van der Waals surface area (Å²) in [5.41, 5.74) is 17.0. The van der Waals surface area contributed by atoms with Crippen LogP contribution in [-0.4, -0.2) is 30.1 Å². The predicted molar refractivity (Wildman–Crippen MR) is 438 cm³/mol. The number of aromatic nitrogens is 3. The lowest BCUT2D eigenvalue weighted by molar-refractivity contribution is 0.311. The topological polar surface area (TPSA) is 66.4 Å². The highest BCUT2D eigenvalue weighted by molar-refractivity contribution is 7.25. The molecule has 12 aromatic heterocycles. The molecule has 0 saturated carbocycles. The summed E-state index contributed by atoms with van der Waals surface area (Å²) < 4.78 is 25.9. The van der Waals surface area contributed by atoms with Gasteiger partial charge in [0.2, 0.25) is 0 Å². The summed E-state index contributed by atoms with van der Waals surface area (Å²) in [5, 5.41) is 6.74. The van der Waals surface area contributed by atoms with Crippen molar-refractivity contribution in [2.45, 2.75) is 62.3 Å². The fraction of sp³-hybridized carbons (Fsp3) is 0.107. The van der Waals surface area contributed by atoms with Crippen LogP contribution in [0.15, 0.2) is 201 Å². The van der Waals surface area contributed by atoms with Crippen LogP contribution in [0.25, 0.3) is 159 Å². The first-order valence-corrected chi connectivity index (χ1v) is 41.7. The van der Waals surface area contributed by atoms with E-state index in [1.165, 1.54) is 139 Å². The Bertz CT molecular complexity index is 5720. The maximum Gasteiger partial charge on any atom is 1.20 e. The van der Waals surface area contributed by atoms with Crippen LogP contribution in [0.5, 0.6) is 17.2 Å². The fourth-order valence-corrected chi connectivity index (χ4v) is 25.8. The van der Waals surface area contributed by atoms with E-state index in [0.717, 1.165) is 47.5 Å². The van der Waals surface area contributed by atoms with Crippen LogP contribution in [0.1, 0.15) is 43.9 Å². The Kier molecular flexibility index (Phi) is 16.3. The van der Waals surface area contributed by atoms with Crippen molar-refractivity contribution in [2.24, 2.45) is 0 Å². The molecule has 18 aromatic rings. The van der Waals surface area contributed by atoms with E-state index in [1.807, 2.05) is 139 Å². The number of aryl methyl sites for hydroxylation is 9. The van der Waals surface area contributed by atoms with Crippen LogP contribution in [-0.2, 0) is 0 Å². The minimum Gasteiger partial charge on any atom is -0.576 e. The second-order valence-corrected chi connectivity index (χ2v) is 37.9. The maximum atomic E-state index is 7.36. The summed E-state index contributed by atoms with van der Waals surface area (Å²) in [6.45, 7) is 20.1. The summed E-state index contributed by atoms with van der Waals surface area (Å²) in [4.78, 5) is 34.5. The van der Waals surface area contributed by atoms with Gasteiger partial charge in [0.05, 0.1) is 0 Å². The highest BCUT2D eigenvalue weighted by Crippen LogP contribution is 2.55. The van der Waals surface area contributed by atoms with Gasteiger partial charge in [-0.25, -0.2) is 0 Å². The van der Waals surface area contributed by atoms with Crippen molar-refractivity contribution in [3.05, 3.63) is 244 Å². The quantitative estimate of drug-likeness (QED) is 0.0953.